The van der Waals surface area contributed by atoms with Crippen molar-refractivity contribution in [3.63, 3.8) is 0 Å². The Hall–Kier alpha value is -2.98. The van der Waals surface area contributed by atoms with Gasteiger partial charge in [-0.05, 0) is 43.4 Å². The Bertz CT molecular complexity index is 1280. The number of amides is 1. The van der Waals surface area contributed by atoms with Gasteiger partial charge in [0.2, 0.25) is 5.91 Å². The number of nitro benzene ring substituents is 1. The fourth-order valence-corrected chi connectivity index (χ4v) is 5.78. The molecule has 10 heteroatoms. The van der Waals surface area contributed by atoms with Crippen LogP contribution < -0.4 is 10.9 Å². The number of anilines is 1. The van der Waals surface area contributed by atoms with E-state index in [0.29, 0.717) is 21.9 Å². The number of nitrogens with one attached hydrogen (secondary N) is 1. The zero-order valence-corrected chi connectivity index (χ0v) is 18.5. The summed E-state index contributed by atoms with van der Waals surface area (Å²) < 4.78 is 1.53. The first-order valence-corrected chi connectivity index (χ1v) is 11.5. The standard InChI is InChI=1S/C21H20N4O4S2/c1-3-9-24-20(27)18-13-5-4-6-16(13)31-19(18)23-21(24)30-11-17(26)22-14-8-7-12(2)10-15(14)25(28)29/h3,7-8,10H,1,4-6,9,11H2,2H3,(H,22,26). The second-order valence-corrected chi connectivity index (χ2v) is 9.28. The second kappa shape index (κ2) is 8.64. The molecule has 2 heterocycles. The average molecular weight is 457 g/mol. The fraction of sp³-hybridized carbons (Fsp3) is 0.286. The first-order chi connectivity index (χ1) is 14.9. The number of benzene rings is 1. The van der Waals surface area contributed by atoms with Gasteiger partial charge < -0.3 is 5.32 Å². The Balaban J connectivity index is 1.58. The summed E-state index contributed by atoms with van der Waals surface area (Å²) in [5.41, 5.74) is 1.71. The summed E-state index contributed by atoms with van der Waals surface area (Å²) in [6, 6.07) is 4.63. The van der Waals surface area contributed by atoms with E-state index in [1.54, 1.807) is 30.4 Å². The van der Waals surface area contributed by atoms with Gasteiger partial charge in [0, 0.05) is 17.5 Å². The molecular formula is C21H20N4O4S2. The van der Waals surface area contributed by atoms with Gasteiger partial charge in [0.25, 0.3) is 11.2 Å². The third kappa shape index (κ3) is 4.13. The normalized spacial score (nSPS) is 12.7. The number of thioether (sulfide) groups is 1. The number of allylic oxidation sites excluding steroid dienone is 1. The molecule has 0 unspecified atom stereocenters. The lowest BCUT2D eigenvalue weighted by atomic mass is 10.2. The van der Waals surface area contributed by atoms with Crippen molar-refractivity contribution in [2.75, 3.05) is 11.1 Å². The van der Waals surface area contributed by atoms with Gasteiger partial charge in [-0.25, -0.2) is 4.98 Å². The molecule has 0 saturated carbocycles. The Morgan fingerprint density at radius 2 is 2.26 bits per heavy atom. The van der Waals surface area contributed by atoms with Crippen LogP contribution in [0.4, 0.5) is 11.4 Å². The van der Waals surface area contributed by atoms with Crippen molar-refractivity contribution in [2.45, 2.75) is 37.9 Å². The van der Waals surface area contributed by atoms with Crippen LogP contribution in [0.25, 0.3) is 10.2 Å². The Labute approximate surface area is 186 Å². The molecule has 1 aliphatic rings. The second-order valence-electron chi connectivity index (χ2n) is 7.25. The summed E-state index contributed by atoms with van der Waals surface area (Å²) in [4.78, 5) is 43.0. The van der Waals surface area contributed by atoms with Gasteiger partial charge in [0.15, 0.2) is 5.16 Å². The summed E-state index contributed by atoms with van der Waals surface area (Å²) in [7, 11) is 0. The minimum absolute atomic E-state index is 0.0365. The molecule has 0 bridgehead atoms. The fourth-order valence-electron chi connectivity index (χ4n) is 3.67. The number of nitrogens with zero attached hydrogens (tertiary/aromatic N) is 3. The average Bonchev–Trinajstić information content (AvgIpc) is 3.31. The highest BCUT2D eigenvalue weighted by Crippen LogP contribution is 2.35. The lowest BCUT2D eigenvalue weighted by Gasteiger charge is -2.11. The van der Waals surface area contributed by atoms with E-state index in [9.17, 15) is 19.7 Å². The first kappa shape index (κ1) is 21.3. The lowest BCUT2D eigenvalue weighted by Crippen LogP contribution is -2.24. The minimum Gasteiger partial charge on any atom is -0.320 e. The predicted octanol–water partition coefficient (Wildman–Crippen LogP) is 4.08. The molecule has 0 radical (unpaired) electrons. The zero-order chi connectivity index (χ0) is 22.1. The number of carbonyl (C=O) groups excluding carboxylic acids is 1. The van der Waals surface area contributed by atoms with Gasteiger partial charge in [0.05, 0.1) is 16.1 Å². The Kier molecular flexibility index (Phi) is 5.92. The highest BCUT2D eigenvalue weighted by atomic mass is 32.2. The van der Waals surface area contributed by atoms with Crippen molar-refractivity contribution in [1.82, 2.24) is 9.55 Å². The van der Waals surface area contributed by atoms with Crippen molar-refractivity contribution < 1.29 is 9.72 Å². The van der Waals surface area contributed by atoms with E-state index in [-0.39, 0.29) is 22.7 Å². The molecule has 0 atom stereocenters. The monoisotopic (exact) mass is 456 g/mol. The molecule has 160 valence electrons. The number of hydrogen-bond donors (Lipinski definition) is 1. The highest BCUT2D eigenvalue weighted by molar-refractivity contribution is 7.99. The molecule has 0 fully saturated rings. The van der Waals surface area contributed by atoms with E-state index in [0.717, 1.165) is 42.2 Å². The van der Waals surface area contributed by atoms with Crippen LogP contribution in [0.5, 0.6) is 0 Å². The maximum absolute atomic E-state index is 13.1. The molecule has 1 N–H and O–H groups in total. The Morgan fingerprint density at radius 3 is 3.00 bits per heavy atom. The van der Waals surface area contributed by atoms with Gasteiger partial charge in [-0.3, -0.25) is 24.3 Å². The van der Waals surface area contributed by atoms with E-state index >= 15 is 0 Å². The number of nitro groups is 1. The number of fused-ring (bicyclic) bond motifs is 3. The maximum atomic E-state index is 13.1. The predicted molar refractivity (Wildman–Crippen MR) is 123 cm³/mol. The van der Waals surface area contributed by atoms with Crippen LogP contribution in [0, 0.1) is 17.0 Å². The number of rotatable bonds is 7. The van der Waals surface area contributed by atoms with Gasteiger partial charge in [0.1, 0.15) is 10.5 Å². The molecule has 4 rings (SSSR count). The van der Waals surface area contributed by atoms with Crippen molar-refractivity contribution in [3.8, 4) is 0 Å². The zero-order valence-electron chi connectivity index (χ0n) is 16.8. The number of hydrogen-bond acceptors (Lipinski definition) is 7. The third-order valence-corrected chi connectivity index (χ3v) is 7.22. The number of aryl methyl sites for hydroxylation is 3. The molecule has 31 heavy (non-hydrogen) atoms. The van der Waals surface area contributed by atoms with Gasteiger partial charge in [-0.1, -0.05) is 23.9 Å². The molecular weight excluding hydrogens is 436 g/mol. The highest BCUT2D eigenvalue weighted by Gasteiger charge is 2.23. The van der Waals surface area contributed by atoms with Gasteiger partial charge >= 0.3 is 0 Å². The molecule has 0 aliphatic heterocycles. The summed E-state index contributed by atoms with van der Waals surface area (Å²) >= 11 is 2.68. The number of carbonyl (C=O) groups is 1. The molecule has 3 aromatic rings. The van der Waals surface area contributed by atoms with E-state index in [4.69, 9.17) is 0 Å². The van der Waals surface area contributed by atoms with Crippen LogP contribution in [0.2, 0.25) is 0 Å². The minimum atomic E-state index is -0.525. The van der Waals surface area contributed by atoms with Crippen LogP contribution in [0.3, 0.4) is 0 Å². The molecule has 1 aromatic carbocycles. The van der Waals surface area contributed by atoms with Gasteiger partial charge in [-0.15, -0.1) is 17.9 Å². The summed E-state index contributed by atoms with van der Waals surface area (Å²) in [5.74, 6) is -0.448. The van der Waals surface area contributed by atoms with E-state index in [2.05, 4.69) is 16.9 Å². The summed E-state index contributed by atoms with van der Waals surface area (Å²) in [6.07, 6.45) is 4.54. The van der Waals surface area contributed by atoms with Crippen molar-refractivity contribution in [3.05, 3.63) is 67.3 Å². The molecule has 0 spiro atoms. The van der Waals surface area contributed by atoms with Crippen LogP contribution in [0.1, 0.15) is 22.4 Å². The molecule has 1 amide bonds. The molecule has 0 saturated heterocycles. The summed E-state index contributed by atoms with van der Waals surface area (Å²) in [6.45, 7) is 5.76. The molecule has 1 aliphatic carbocycles. The quantitative estimate of drug-likeness (QED) is 0.189. The van der Waals surface area contributed by atoms with Crippen LogP contribution in [-0.2, 0) is 24.2 Å². The lowest BCUT2D eigenvalue weighted by molar-refractivity contribution is -0.384. The molecule has 2 aromatic heterocycles. The van der Waals surface area contributed by atoms with Crippen LogP contribution in [-0.4, -0.2) is 26.1 Å². The van der Waals surface area contributed by atoms with Crippen molar-refractivity contribution >= 4 is 50.6 Å². The largest absolute Gasteiger partial charge is 0.320 e. The summed E-state index contributed by atoms with van der Waals surface area (Å²) in [5, 5.41) is 15.0. The number of thiophene rings is 1. The van der Waals surface area contributed by atoms with E-state index < -0.39 is 10.8 Å². The third-order valence-electron chi connectivity index (χ3n) is 5.06. The van der Waals surface area contributed by atoms with Gasteiger partial charge in [-0.2, -0.15) is 0 Å². The van der Waals surface area contributed by atoms with Crippen molar-refractivity contribution in [2.24, 2.45) is 0 Å². The van der Waals surface area contributed by atoms with E-state index in [1.165, 1.54) is 21.6 Å². The number of aromatic nitrogens is 2. The maximum Gasteiger partial charge on any atom is 0.293 e. The SMILES string of the molecule is C=CCn1c(SCC(=O)Nc2ccc(C)cc2[N+](=O)[O-])nc2sc3c(c2c1=O)CCC3. The van der Waals surface area contributed by atoms with Crippen LogP contribution >= 0.6 is 23.1 Å². The smallest absolute Gasteiger partial charge is 0.293 e. The Morgan fingerprint density at radius 1 is 1.45 bits per heavy atom. The van der Waals surface area contributed by atoms with Crippen molar-refractivity contribution in [1.29, 1.82) is 0 Å². The molecule has 8 nitrogen and oxygen atoms in total. The van der Waals surface area contributed by atoms with E-state index in [1.807, 2.05) is 0 Å². The topological polar surface area (TPSA) is 107 Å². The first-order valence-electron chi connectivity index (χ1n) is 9.72. The van der Waals surface area contributed by atoms with Crippen LogP contribution in [0.15, 0.2) is 40.8 Å².